The second kappa shape index (κ2) is 9.51. The quantitative estimate of drug-likeness (QED) is 0.479. The van der Waals surface area contributed by atoms with Crippen LogP contribution in [0, 0.1) is 13.8 Å². The summed E-state index contributed by atoms with van der Waals surface area (Å²) in [6.45, 7) is 4.21. The summed E-state index contributed by atoms with van der Waals surface area (Å²) in [4.78, 5) is 28.2. The van der Waals surface area contributed by atoms with Gasteiger partial charge in [-0.25, -0.2) is 0 Å². The van der Waals surface area contributed by atoms with Crippen LogP contribution in [0.25, 0.3) is 5.57 Å². The fraction of sp³-hybridized carbons (Fsp3) is 0.185. The van der Waals surface area contributed by atoms with Gasteiger partial charge in [-0.3, -0.25) is 14.5 Å². The number of nitrogens with zero attached hydrogens (tertiary/aromatic N) is 1. The van der Waals surface area contributed by atoms with Crippen molar-refractivity contribution in [1.29, 1.82) is 0 Å². The lowest BCUT2D eigenvalue weighted by Crippen LogP contribution is -2.34. The smallest absolute Gasteiger partial charge is 0.278 e. The van der Waals surface area contributed by atoms with E-state index in [1.807, 2.05) is 68.4 Å². The van der Waals surface area contributed by atoms with Crippen molar-refractivity contribution in [2.75, 3.05) is 19.0 Å². The summed E-state index contributed by atoms with van der Waals surface area (Å²) in [7, 11) is 1.57. The summed E-state index contributed by atoms with van der Waals surface area (Å²) in [5.41, 5.74) is 5.03. The largest absolute Gasteiger partial charge is 0.495 e. The lowest BCUT2D eigenvalue weighted by atomic mass is 10.0. The number of rotatable bonds is 7. The van der Waals surface area contributed by atoms with E-state index in [1.54, 1.807) is 19.2 Å². The molecule has 0 radical (unpaired) electrons. The Kier molecular flexibility index (Phi) is 6.52. The Hall–Kier alpha value is -3.57. The minimum absolute atomic E-state index is 0.254. The summed E-state index contributed by atoms with van der Waals surface area (Å²) in [5, 5.41) is 3.85. The van der Waals surface area contributed by atoms with Gasteiger partial charge in [0.15, 0.2) is 0 Å². The van der Waals surface area contributed by atoms with Crippen molar-refractivity contribution in [1.82, 2.24) is 4.90 Å². The maximum atomic E-state index is 13.5. The molecule has 2 amide bonds. The summed E-state index contributed by atoms with van der Waals surface area (Å²) in [5.74, 6) is -0.0729. The molecule has 0 aromatic heterocycles. The van der Waals surface area contributed by atoms with Gasteiger partial charge in [0.2, 0.25) is 0 Å². The van der Waals surface area contributed by atoms with E-state index in [4.69, 9.17) is 16.3 Å². The molecule has 168 valence electrons. The first kappa shape index (κ1) is 22.6. The zero-order chi connectivity index (χ0) is 23.5. The van der Waals surface area contributed by atoms with Crippen LogP contribution in [-0.4, -0.2) is 30.4 Å². The van der Waals surface area contributed by atoms with E-state index in [0.717, 1.165) is 16.7 Å². The van der Waals surface area contributed by atoms with Crippen LogP contribution in [0.15, 0.2) is 72.4 Å². The van der Waals surface area contributed by atoms with Crippen molar-refractivity contribution in [3.8, 4) is 5.75 Å². The summed E-state index contributed by atoms with van der Waals surface area (Å²) in [6.07, 6.45) is 0.539. The van der Waals surface area contributed by atoms with Crippen molar-refractivity contribution < 1.29 is 14.3 Å². The van der Waals surface area contributed by atoms with Crippen molar-refractivity contribution >= 4 is 34.7 Å². The first-order valence-electron chi connectivity index (χ1n) is 10.7. The number of aryl methyl sites for hydroxylation is 2. The van der Waals surface area contributed by atoms with Crippen LogP contribution in [-0.2, 0) is 16.0 Å². The highest BCUT2D eigenvalue weighted by Gasteiger charge is 2.39. The fourth-order valence-electron chi connectivity index (χ4n) is 3.83. The topological polar surface area (TPSA) is 58.6 Å². The third-order valence-corrected chi connectivity index (χ3v) is 5.91. The molecule has 0 bridgehead atoms. The Morgan fingerprint density at radius 2 is 1.55 bits per heavy atom. The third-order valence-electron chi connectivity index (χ3n) is 5.66. The molecule has 3 aromatic rings. The molecule has 6 heteroatoms. The van der Waals surface area contributed by atoms with E-state index in [9.17, 15) is 9.59 Å². The van der Waals surface area contributed by atoms with E-state index in [0.29, 0.717) is 34.0 Å². The number of ether oxygens (including phenoxy) is 1. The number of methoxy groups -OCH3 is 1. The summed E-state index contributed by atoms with van der Waals surface area (Å²) >= 11 is 5.97. The standard InChI is InChI=1S/C27H25ClN2O3/c1-17-4-9-20(10-5-17)24-25(29-22-16-18(2)6-13-23(22)33-3)27(32)30(26(24)31)15-14-19-7-11-21(28)12-8-19/h4-13,16,29H,14-15H2,1-3H3. The number of hydrogen-bond acceptors (Lipinski definition) is 4. The molecule has 0 saturated carbocycles. The molecule has 4 rings (SSSR count). The van der Waals surface area contributed by atoms with Gasteiger partial charge in [-0.2, -0.15) is 0 Å². The fourth-order valence-corrected chi connectivity index (χ4v) is 3.96. The SMILES string of the molecule is COc1ccc(C)cc1NC1=C(c2ccc(C)cc2)C(=O)N(CCc2ccc(Cl)cc2)C1=O. The van der Waals surface area contributed by atoms with Crippen LogP contribution >= 0.6 is 11.6 Å². The van der Waals surface area contributed by atoms with E-state index in [2.05, 4.69) is 5.32 Å². The van der Waals surface area contributed by atoms with Crippen LogP contribution in [0.2, 0.25) is 5.02 Å². The number of halogens is 1. The molecule has 0 atom stereocenters. The molecule has 0 fully saturated rings. The minimum atomic E-state index is -0.354. The Balaban J connectivity index is 1.69. The molecule has 5 nitrogen and oxygen atoms in total. The van der Waals surface area contributed by atoms with Crippen molar-refractivity contribution in [2.24, 2.45) is 0 Å². The van der Waals surface area contributed by atoms with Gasteiger partial charge in [-0.05, 0) is 61.2 Å². The van der Waals surface area contributed by atoms with Gasteiger partial charge in [0.25, 0.3) is 11.8 Å². The molecule has 33 heavy (non-hydrogen) atoms. The normalized spacial score (nSPS) is 13.6. The zero-order valence-electron chi connectivity index (χ0n) is 18.8. The van der Waals surface area contributed by atoms with E-state index in [1.165, 1.54) is 4.90 Å². The van der Waals surface area contributed by atoms with Crippen molar-refractivity contribution in [3.63, 3.8) is 0 Å². The lowest BCUT2D eigenvalue weighted by molar-refractivity contribution is -0.136. The first-order chi connectivity index (χ1) is 15.9. The highest BCUT2D eigenvalue weighted by molar-refractivity contribution is 6.36. The highest BCUT2D eigenvalue weighted by Crippen LogP contribution is 2.34. The van der Waals surface area contributed by atoms with Crippen molar-refractivity contribution in [2.45, 2.75) is 20.3 Å². The number of carbonyl (C=O) groups is 2. The second-order valence-corrected chi connectivity index (χ2v) is 8.52. The predicted molar refractivity (Wildman–Crippen MR) is 131 cm³/mol. The Morgan fingerprint density at radius 1 is 0.879 bits per heavy atom. The number of benzene rings is 3. The average molecular weight is 461 g/mol. The number of nitrogens with one attached hydrogen (secondary N) is 1. The van der Waals surface area contributed by atoms with Crippen LogP contribution in [0.3, 0.4) is 0 Å². The van der Waals surface area contributed by atoms with Gasteiger partial charge in [-0.15, -0.1) is 0 Å². The van der Waals surface area contributed by atoms with Gasteiger partial charge in [0.05, 0.1) is 18.4 Å². The molecule has 0 aliphatic carbocycles. The van der Waals surface area contributed by atoms with Gasteiger partial charge >= 0.3 is 0 Å². The van der Waals surface area contributed by atoms with E-state index < -0.39 is 0 Å². The second-order valence-electron chi connectivity index (χ2n) is 8.08. The van der Waals surface area contributed by atoms with Gasteiger partial charge < -0.3 is 10.1 Å². The third kappa shape index (κ3) is 4.78. The monoisotopic (exact) mass is 460 g/mol. The minimum Gasteiger partial charge on any atom is -0.495 e. The molecule has 1 aliphatic heterocycles. The molecular formula is C27H25ClN2O3. The van der Waals surface area contributed by atoms with E-state index in [-0.39, 0.29) is 24.1 Å². The van der Waals surface area contributed by atoms with Gasteiger partial charge in [-0.1, -0.05) is 59.6 Å². The van der Waals surface area contributed by atoms with Crippen LogP contribution in [0.1, 0.15) is 22.3 Å². The Labute approximate surface area is 198 Å². The maximum Gasteiger partial charge on any atom is 0.278 e. The van der Waals surface area contributed by atoms with Crippen LogP contribution in [0.5, 0.6) is 5.75 Å². The Bertz CT molecular complexity index is 1230. The number of imide groups is 1. The predicted octanol–water partition coefficient (Wildman–Crippen LogP) is 5.40. The molecule has 1 aliphatic rings. The number of anilines is 1. The number of amides is 2. The van der Waals surface area contributed by atoms with Gasteiger partial charge in [0, 0.05) is 11.6 Å². The molecule has 0 saturated heterocycles. The molecule has 0 unspecified atom stereocenters. The molecular weight excluding hydrogens is 436 g/mol. The van der Waals surface area contributed by atoms with Crippen LogP contribution in [0.4, 0.5) is 5.69 Å². The summed E-state index contributed by atoms with van der Waals surface area (Å²) < 4.78 is 5.47. The molecule has 3 aromatic carbocycles. The Morgan fingerprint density at radius 3 is 2.21 bits per heavy atom. The molecule has 1 heterocycles. The van der Waals surface area contributed by atoms with E-state index >= 15 is 0 Å². The first-order valence-corrected chi connectivity index (χ1v) is 11.1. The maximum absolute atomic E-state index is 13.5. The number of carbonyl (C=O) groups excluding carboxylic acids is 2. The zero-order valence-corrected chi connectivity index (χ0v) is 19.6. The van der Waals surface area contributed by atoms with Crippen LogP contribution < -0.4 is 10.1 Å². The molecule has 0 spiro atoms. The summed E-state index contributed by atoms with van der Waals surface area (Å²) in [6, 6.07) is 20.7. The average Bonchev–Trinajstić information content (AvgIpc) is 3.03. The lowest BCUT2D eigenvalue weighted by Gasteiger charge is -2.16. The highest BCUT2D eigenvalue weighted by atomic mass is 35.5. The number of hydrogen-bond donors (Lipinski definition) is 1. The molecule has 1 N–H and O–H groups in total. The van der Waals surface area contributed by atoms with Gasteiger partial charge in [0.1, 0.15) is 11.4 Å². The van der Waals surface area contributed by atoms with Crippen molar-refractivity contribution in [3.05, 3.63) is 99.7 Å².